The zero-order valence-corrected chi connectivity index (χ0v) is 15.6. The van der Waals surface area contributed by atoms with E-state index in [0.717, 1.165) is 25.7 Å². The summed E-state index contributed by atoms with van der Waals surface area (Å²) in [5.74, 6) is 0.785. The quantitative estimate of drug-likeness (QED) is 0.918. The van der Waals surface area contributed by atoms with E-state index in [1.54, 1.807) is 6.92 Å². The first kappa shape index (κ1) is 17.6. The third kappa shape index (κ3) is 3.91. The monoisotopic (exact) mass is 341 g/mol. The zero-order valence-electron chi connectivity index (χ0n) is 15.6. The fourth-order valence-corrected chi connectivity index (χ4v) is 3.61. The van der Waals surface area contributed by atoms with E-state index in [-0.39, 0.29) is 23.3 Å². The van der Waals surface area contributed by atoms with Crippen LogP contribution in [0.5, 0.6) is 0 Å². The lowest BCUT2D eigenvalue weighted by molar-refractivity contribution is -0.122. The molecule has 1 amide bonds. The van der Waals surface area contributed by atoms with Crippen molar-refractivity contribution in [3.8, 4) is 0 Å². The van der Waals surface area contributed by atoms with Crippen molar-refractivity contribution in [1.82, 2.24) is 15.5 Å². The molecule has 1 aliphatic carbocycles. The fraction of sp³-hybridized carbons (Fsp3) is 0.550. The number of nitrogens with one attached hydrogen (secondary N) is 1. The van der Waals surface area contributed by atoms with Crippen LogP contribution in [0.25, 0.3) is 0 Å². The van der Waals surface area contributed by atoms with Crippen molar-refractivity contribution in [2.75, 3.05) is 0 Å². The third-order valence-electron chi connectivity index (χ3n) is 5.02. The maximum atomic E-state index is 12.5. The Bertz CT molecular complexity index is 735. The first-order chi connectivity index (χ1) is 11.8. The van der Waals surface area contributed by atoms with Crippen LogP contribution in [-0.4, -0.2) is 16.1 Å². The van der Waals surface area contributed by atoms with Gasteiger partial charge >= 0.3 is 0 Å². The maximum absolute atomic E-state index is 12.5. The van der Waals surface area contributed by atoms with Crippen LogP contribution in [-0.2, 0) is 22.2 Å². The second kappa shape index (κ2) is 6.62. The molecule has 25 heavy (non-hydrogen) atoms. The van der Waals surface area contributed by atoms with Crippen LogP contribution >= 0.6 is 0 Å². The molecule has 0 saturated heterocycles. The second-order valence-corrected chi connectivity index (χ2v) is 8.06. The van der Waals surface area contributed by atoms with Gasteiger partial charge < -0.3 is 9.73 Å². The third-order valence-corrected chi connectivity index (χ3v) is 5.02. The number of benzene rings is 1. The van der Waals surface area contributed by atoms with E-state index in [2.05, 4.69) is 60.6 Å². The van der Waals surface area contributed by atoms with E-state index < -0.39 is 0 Å². The molecule has 134 valence electrons. The Labute approximate surface area is 149 Å². The predicted octanol–water partition coefficient (Wildman–Crippen LogP) is 3.80. The molecule has 1 fully saturated rings. The number of nitrogens with zero attached hydrogens (tertiary/aromatic N) is 2. The van der Waals surface area contributed by atoms with Gasteiger partial charge in [0.05, 0.1) is 5.54 Å². The van der Waals surface area contributed by atoms with E-state index in [0.29, 0.717) is 11.8 Å². The highest BCUT2D eigenvalue weighted by Gasteiger charge is 2.37. The summed E-state index contributed by atoms with van der Waals surface area (Å²) in [5, 5.41) is 11.0. The predicted molar refractivity (Wildman–Crippen MR) is 96.2 cm³/mol. The highest BCUT2D eigenvalue weighted by molar-refractivity contribution is 5.78. The lowest BCUT2D eigenvalue weighted by Gasteiger charge is -2.32. The molecule has 0 atom stereocenters. The summed E-state index contributed by atoms with van der Waals surface area (Å²) < 4.78 is 5.33. The van der Waals surface area contributed by atoms with Crippen molar-refractivity contribution in [3.05, 3.63) is 47.2 Å². The number of amides is 1. The minimum atomic E-state index is -0.275. The normalized spacial score (nSPS) is 16.8. The summed E-state index contributed by atoms with van der Waals surface area (Å²) in [6.07, 6.45) is 4.32. The number of hydrogen-bond acceptors (Lipinski definition) is 4. The molecule has 0 spiro atoms. The Morgan fingerprint density at radius 1 is 1.16 bits per heavy atom. The molecule has 2 aromatic rings. The van der Waals surface area contributed by atoms with Gasteiger partial charge in [-0.15, -0.1) is 10.2 Å². The number of carbonyl (C=O) groups is 1. The summed E-state index contributed by atoms with van der Waals surface area (Å²) in [6, 6.07) is 8.71. The number of aromatic nitrogens is 2. The lowest BCUT2D eigenvalue weighted by Crippen LogP contribution is -2.44. The lowest BCUT2D eigenvalue weighted by atomic mass is 9.83. The first-order valence-corrected chi connectivity index (χ1v) is 9.00. The van der Waals surface area contributed by atoms with E-state index in [4.69, 9.17) is 4.42 Å². The van der Waals surface area contributed by atoms with Crippen molar-refractivity contribution < 1.29 is 9.21 Å². The number of rotatable bonds is 4. The molecule has 0 radical (unpaired) electrons. The fourth-order valence-electron chi connectivity index (χ4n) is 3.61. The van der Waals surface area contributed by atoms with Gasteiger partial charge in [-0.25, -0.2) is 0 Å². The molecule has 1 aromatic carbocycles. The second-order valence-electron chi connectivity index (χ2n) is 8.06. The van der Waals surface area contributed by atoms with Gasteiger partial charge in [0, 0.05) is 6.92 Å². The smallest absolute Gasteiger partial charge is 0.230 e. The Balaban J connectivity index is 1.78. The Morgan fingerprint density at radius 2 is 1.80 bits per heavy atom. The summed E-state index contributed by atoms with van der Waals surface area (Å²) in [4.78, 5) is 12.5. The molecule has 1 saturated carbocycles. The van der Waals surface area contributed by atoms with Crippen LogP contribution in [0.4, 0.5) is 0 Å². The number of aryl methyl sites for hydroxylation is 1. The molecule has 0 unspecified atom stereocenters. The highest BCUT2D eigenvalue weighted by Crippen LogP contribution is 2.39. The van der Waals surface area contributed by atoms with Crippen LogP contribution in [0.1, 0.15) is 69.4 Å². The van der Waals surface area contributed by atoms with Gasteiger partial charge in [-0.2, -0.15) is 0 Å². The molecule has 3 rings (SSSR count). The average molecular weight is 341 g/mol. The van der Waals surface area contributed by atoms with Gasteiger partial charge in [0.15, 0.2) is 0 Å². The SMILES string of the molecule is Cc1nnc(CC(=O)NC2(c3ccc(C(C)(C)C)cc3)CCCC2)o1. The molecule has 1 heterocycles. The van der Waals surface area contributed by atoms with Crippen molar-refractivity contribution in [2.45, 2.75) is 70.8 Å². The molecule has 1 N–H and O–H groups in total. The summed E-state index contributed by atoms with van der Waals surface area (Å²) >= 11 is 0. The molecule has 5 heteroatoms. The number of hydrogen-bond donors (Lipinski definition) is 1. The van der Waals surface area contributed by atoms with Crippen LogP contribution < -0.4 is 5.32 Å². The number of carbonyl (C=O) groups excluding carboxylic acids is 1. The molecular weight excluding hydrogens is 314 g/mol. The first-order valence-electron chi connectivity index (χ1n) is 9.00. The summed E-state index contributed by atoms with van der Waals surface area (Å²) in [7, 11) is 0. The molecule has 0 aliphatic heterocycles. The zero-order chi connectivity index (χ0) is 18.1. The average Bonchev–Trinajstić information content (AvgIpc) is 3.16. The van der Waals surface area contributed by atoms with Gasteiger partial charge in [0.25, 0.3) is 0 Å². The van der Waals surface area contributed by atoms with Crippen LogP contribution in [0.15, 0.2) is 28.7 Å². The van der Waals surface area contributed by atoms with Crippen molar-refractivity contribution in [3.63, 3.8) is 0 Å². The van der Waals surface area contributed by atoms with E-state index in [9.17, 15) is 4.79 Å². The molecule has 0 bridgehead atoms. The minimum Gasteiger partial charge on any atom is -0.425 e. The molecule has 5 nitrogen and oxygen atoms in total. The van der Waals surface area contributed by atoms with Crippen LogP contribution in [0.3, 0.4) is 0 Å². The van der Waals surface area contributed by atoms with Crippen LogP contribution in [0, 0.1) is 6.92 Å². The topological polar surface area (TPSA) is 68.0 Å². The van der Waals surface area contributed by atoms with Gasteiger partial charge in [-0.3, -0.25) is 4.79 Å². The van der Waals surface area contributed by atoms with Gasteiger partial charge in [0.1, 0.15) is 6.42 Å². The highest BCUT2D eigenvalue weighted by atomic mass is 16.4. The van der Waals surface area contributed by atoms with Crippen molar-refractivity contribution >= 4 is 5.91 Å². The van der Waals surface area contributed by atoms with E-state index >= 15 is 0 Å². The van der Waals surface area contributed by atoms with E-state index in [1.807, 2.05) is 0 Å². The van der Waals surface area contributed by atoms with Crippen molar-refractivity contribution in [2.24, 2.45) is 0 Å². The molecule has 1 aromatic heterocycles. The maximum Gasteiger partial charge on any atom is 0.230 e. The Hall–Kier alpha value is -2.17. The van der Waals surface area contributed by atoms with Gasteiger partial charge in [-0.05, 0) is 29.4 Å². The summed E-state index contributed by atoms with van der Waals surface area (Å²) in [5.41, 5.74) is 2.34. The summed E-state index contributed by atoms with van der Waals surface area (Å²) in [6.45, 7) is 8.36. The Kier molecular flexibility index (Phi) is 4.67. The minimum absolute atomic E-state index is 0.0644. The standard InChI is InChI=1S/C20H27N3O2/c1-14-22-23-18(25-14)13-17(24)21-20(11-5-6-12-20)16-9-7-15(8-10-16)19(2,3)4/h7-10H,5-6,11-13H2,1-4H3,(H,21,24). The molecular formula is C20H27N3O2. The van der Waals surface area contributed by atoms with Crippen LogP contribution in [0.2, 0.25) is 0 Å². The van der Waals surface area contributed by atoms with Gasteiger partial charge in [0.2, 0.25) is 17.7 Å². The Morgan fingerprint density at radius 3 is 2.32 bits per heavy atom. The largest absolute Gasteiger partial charge is 0.425 e. The van der Waals surface area contributed by atoms with Gasteiger partial charge in [-0.1, -0.05) is 57.9 Å². The van der Waals surface area contributed by atoms with E-state index in [1.165, 1.54) is 11.1 Å². The molecule has 1 aliphatic rings. The van der Waals surface area contributed by atoms with Crippen molar-refractivity contribution in [1.29, 1.82) is 0 Å².